The number of hydrogen-bond acceptors (Lipinski definition) is 9. The molecule has 0 bridgehead atoms. The Hall–Kier alpha value is -4.40. The van der Waals surface area contributed by atoms with E-state index in [4.69, 9.17) is 9.47 Å². The van der Waals surface area contributed by atoms with E-state index in [9.17, 15) is 26.8 Å². The average Bonchev–Trinajstić information content (AvgIpc) is 3.64. The van der Waals surface area contributed by atoms with Crippen molar-refractivity contribution in [2.24, 2.45) is 0 Å². The number of nitrogens with one attached hydrogen (secondary N) is 2. The van der Waals surface area contributed by atoms with Crippen molar-refractivity contribution in [1.29, 1.82) is 0 Å². The zero-order valence-electron chi connectivity index (χ0n) is 25.0. The SMILES string of the molecule is COCC(C)Nc1cc(CN2CCCC2)ccc1C(=O)Nc1nn(C(=O)OC)c2ccc(S(=O)(=O)c3cc(F)cc(F)c3)cc12. The summed E-state index contributed by atoms with van der Waals surface area (Å²) in [5, 5.41) is 10.3. The molecule has 1 saturated heterocycles. The molecule has 5 rings (SSSR count). The molecule has 0 radical (unpaired) electrons. The highest BCUT2D eigenvalue weighted by Gasteiger charge is 2.25. The molecule has 0 saturated carbocycles. The monoisotopic (exact) mass is 641 g/mol. The summed E-state index contributed by atoms with van der Waals surface area (Å²) >= 11 is 0. The number of benzene rings is 3. The van der Waals surface area contributed by atoms with Crippen LogP contribution in [0.2, 0.25) is 0 Å². The Morgan fingerprint density at radius 1 is 0.978 bits per heavy atom. The van der Waals surface area contributed by atoms with Crippen LogP contribution < -0.4 is 10.6 Å². The first-order valence-electron chi connectivity index (χ1n) is 14.2. The smallest absolute Gasteiger partial charge is 0.435 e. The Kier molecular flexibility index (Phi) is 9.46. The molecule has 3 aromatic carbocycles. The lowest BCUT2D eigenvalue weighted by atomic mass is 10.1. The van der Waals surface area contributed by atoms with Crippen LogP contribution >= 0.6 is 0 Å². The van der Waals surface area contributed by atoms with E-state index in [1.54, 1.807) is 13.2 Å². The molecule has 1 aliphatic rings. The number of carbonyl (C=O) groups excluding carboxylic acids is 2. The minimum absolute atomic E-state index is 0.0830. The van der Waals surface area contributed by atoms with Gasteiger partial charge in [0, 0.05) is 36.8 Å². The summed E-state index contributed by atoms with van der Waals surface area (Å²) in [6.45, 7) is 5.05. The topological polar surface area (TPSA) is 132 Å². The molecular formula is C31H33F2N5O6S. The van der Waals surface area contributed by atoms with Gasteiger partial charge >= 0.3 is 6.09 Å². The van der Waals surface area contributed by atoms with E-state index in [2.05, 4.69) is 20.6 Å². The third-order valence-electron chi connectivity index (χ3n) is 7.44. The maximum absolute atomic E-state index is 13.9. The molecule has 2 N–H and O–H groups in total. The zero-order valence-corrected chi connectivity index (χ0v) is 25.8. The maximum atomic E-state index is 13.9. The summed E-state index contributed by atoms with van der Waals surface area (Å²) in [5.41, 5.74) is 1.99. The standard InChI is InChI=1S/C31H33F2N5O6S/c1-19(18-43-2)34-27-12-20(17-37-10-4-5-11-37)6-8-25(27)30(39)35-29-26-16-23(7-9-28(26)38(36-29)31(40)44-3)45(41,42)24-14-21(32)13-22(33)15-24/h6-9,12-16,19,34H,4-5,10-11,17-18H2,1-3H3,(H,35,36,39). The second-order valence-electron chi connectivity index (χ2n) is 10.8. The highest BCUT2D eigenvalue weighted by atomic mass is 32.2. The first-order chi connectivity index (χ1) is 21.5. The Morgan fingerprint density at radius 2 is 1.69 bits per heavy atom. The number of fused-ring (bicyclic) bond motifs is 1. The number of methoxy groups -OCH3 is 2. The van der Waals surface area contributed by atoms with E-state index in [1.807, 2.05) is 19.1 Å². The van der Waals surface area contributed by atoms with E-state index in [0.717, 1.165) is 49.8 Å². The Morgan fingerprint density at radius 3 is 2.36 bits per heavy atom. The van der Waals surface area contributed by atoms with Gasteiger partial charge in [0.2, 0.25) is 9.84 Å². The molecule has 1 aromatic heterocycles. The third-order valence-corrected chi connectivity index (χ3v) is 9.17. The third kappa shape index (κ3) is 6.97. The molecule has 14 heteroatoms. The fourth-order valence-corrected chi connectivity index (χ4v) is 6.67. The molecular weight excluding hydrogens is 608 g/mol. The van der Waals surface area contributed by atoms with Crippen molar-refractivity contribution in [2.75, 3.05) is 44.5 Å². The second-order valence-corrected chi connectivity index (χ2v) is 12.8. The summed E-state index contributed by atoms with van der Waals surface area (Å²) in [5.74, 6) is -2.82. The number of anilines is 2. The van der Waals surface area contributed by atoms with Crippen LogP contribution in [0.25, 0.3) is 10.9 Å². The van der Waals surface area contributed by atoms with Crippen LogP contribution in [0, 0.1) is 11.6 Å². The van der Waals surface area contributed by atoms with Gasteiger partial charge in [-0.15, -0.1) is 5.10 Å². The second kappa shape index (κ2) is 13.3. The average molecular weight is 642 g/mol. The number of nitrogens with zero attached hydrogens (tertiary/aromatic N) is 3. The van der Waals surface area contributed by atoms with E-state index in [-0.39, 0.29) is 33.2 Å². The molecule has 0 spiro atoms. The number of ether oxygens (including phenoxy) is 2. The molecule has 1 fully saturated rings. The lowest BCUT2D eigenvalue weighted by Crippen LogP contribution is -2.24. The summed E-state index contributed by atoms with van der Waals surface area (Å²) in [4.78, 5) is 27.7. The van der Waals surface area contributed by atoms with Crippen molar-refractivity contribution < 1.29 is 36.3 Å². The van der Waals surface area contributed by atoms with Crippen molar-refractivity contribution in [1.82, 2.24) is 14.7 Å². The van der Waals surface area contributed by atoms with E-state index in [1.165, 1.54) is 18.2 Å². The zero-order chi connectivity index (χ0) is 32.3. The number of halogens is 2. The Labute approximate surface area is 259 Å². The van der Waals surface area contributed by atoms with Crippen molar-refractivity contribution >= 4 is 44.2 Å². The van der Waals surface area contributed by atoms with Crippen LogP contribution in [0.15, 0.2) is 64.4 Å². The van der Waals surface area contributed by atoms with Gasteiger partial charge in [0.05, 0.1) is 34.6 Å². The van der Waals surface area contributed by atoms with Crippen molar-refractivity contribution in [3.05, 3.63) is 77.4 Å². The summed E-state index contributed by atoms with van der Waals surface area (Å²) in [6, 6.07) is 10.9. The molecule has 1 amide bonds. The summed E-state index contributed by atoms with van der Waals surface area (Å²) in [7, 11) is -1.67. The van der Waals surface area contributed by atoms with Gasteiger partial charge in [-0.3, -0.25) is 9.69 Å². The van der Waals surface area contributed by atoms with Crippen LogP contribution in [0.1, 0.15) is 35.7 Å². The molecule has 0 aliphatic carbocycles. The first-order valence-corrected chi connectivity index (χ1v) is 15.7. The number of sulfone groups is 1. The number of carbonyl (C=O) groups is 2. The van der Waals surface area contributed by atoms with Gasteiger partial charge in [-0.1, -0.05) is 6.07 Å². The molecule has 4 aromatic rings. The number of likely N-dealkylation sites (tertiary alicyclic amines) is 1. The molecule has 2 heterocycles. The molecule has 45 heavy (non-hydrogen) atoms. The van der Waals surface area contributed by atoms with Crippen LogP contribution in [0.5, 0.6) is 0 Å². The predicted molar refractivity (Wildman–Crippen MR) is 163 cm³/mol. The van der Waals surface area contributed by atoms with Crippen LogP contribution in [-0.2, 0) is 25.9 Å². The van der Waals surface area contributed by atoms with Gasteiger partial charge in [-0.05, 0) is 80.9 Å². The van der Waals surface area contributed by atoms with Crippen LogP contribution in [0.3, 0.4) is 0 Å². The molecule has 238 valence electrons. The quantitative estimate of drug-likeness (QED) is 0.244. The number of hydrogen-bond donors (Lipinski definition) is 2. The normalized spacial score (nSPS) is 14.4. The van der Waals surface area contributed by atoms with Gasteiger partial charge < -0.3 is 20.1 Å². The predicted octanol–water partition coefficient (Wildman–Crippen LogP) is 5.06. The molecule has 1 atom stereocenters. The van der Waals surface area contributed by atoms with Gasteiger partial charge in [-0.2, -0.15) is 4.68 Å². The van der Waals surface area contributed by atoms with Crippen LogP contribution in [0.4, 0.5) is 25.1 Å². The minimum atomic E-state index is -4.40. The van der Waals surface area contributed by atoms with Gasteiger partial charge in [0.1, 0.15) is 11.6 Å². The first kappa shape index (κ1) is 32.0. The van der Waals surface area contributed by atoms with E-state index >= 15 is 0 Å². The van der Waals surface area contributed by atoms with Crippen LogP contribution in [-0.4, -0.2) is 75.1 Å². The number of aromatic nitrogens is 2. The summed E-state index contributed by atoms with van der Waals surface area (Å²) in [6.07, 6.45) is 1.40. The van der Waals surface area contributed by atoms with Crippen molar-refractivity contribution in [2.45, 2.75) is 42.1 Å². The Bertz CT molecular complexity index is 1840. The van der Waals surface area contributed by atoms with Gasteiger partial charge in [-0.25, -0.2) is 22.0 Å². The summed E-state index contributed by atoms with van der Waals surface area (Å²) < 4.78 is 65.4. The van der Waals surface area contributed by atoms with E-state index < -0.39 is 38.4 Å². The fraction of sp³-hybridized carbons (Fsp3) is 0.323. The molecule has 11 nitrogen and oxygen atoms in total. The largest absolute Gasteiger partial charge is 0.451 e. The van der Waals surface area contributed by atoms with E-state index in [0.29, 0.717) is 30.5 Å². The van der Waals surface area contributed by atoms with Crippen molar-refractivity contribution in [3.63, 3.8) is 0 Å². The van der Waals surface area contributed by atoms with Gasteiger partial charge in [0.15, 0.2) is 5.82 Å². The number of amides is 1. The lowest BCUT2D eigenvalue weighted by Gasteiger charge is -2.20. The molecule has 1 unspecified atom stereocenters. The minimum Gasteiger partial charge on any atom is -0.451 e. The maximum Gasteiger partial charge on any atom is 0.435 e. The number of rotatable bonds is 10. The Balaban J connectivity index is 1.54. The van der Waals surface area contributed by atoms with Gasteiger partial charge in [0.25, 0.3) is 5.91 Å². The highest BCUT2D eigenvalue weighted by Crippen LogP contribution is 2.31. The molecule has 1 aliphatic heterocycles. The lowest BCUT2D eigenvalue weighted by molar-refractivity contribution is 0.102. The highest BCUT2D eigenvalue weighted by molar-refractivity contribution is 7.91. The van der Waals surface area contributed by atoms with Crippen molar-refractivity contribution in [3.8, 4) is 0 Å². The fourth-order valence-electron chi connectivity index (χ4n) is 5.34.